The first-order valence-electron chi connectivity index (χ1n) is 10.6. The third-order valence-corrected chi connectivity index (χ3v) is 5.26. The second-order valence-electron chi connectivity index (χ2n) is 8.92. The van der Waals surface area contributed by atoms with Crippen molar-refractivity contribution in [3.8, 4) is 11.3 Å². The molecule has 7 heteroatoms. The first kappa shape index (κ1) is 20.9. The van der Waals surface area contributed by atoms with E-state index >= 15 is 0 Å². The monoisotopic (exact) mass is 420 g/mol. The zero-order valence-electron chi connectivity index (χ0n) is 18.2. The third kappa shape index (κ3) is 5.05. The number of nitrogens with one attached hydrogen (secondary N) is 1. The summed E-state index contributed by atoms with van der Waals surface area (Å²) in [6, 6.07) is 13.5. The van der Waals surface area contributed by atoms with Gasteiger partial charge >= 0.3 is 6.09 Å². The van der Waals surface area contributed by atoms with Gasteiger partial charge in [0.2, 0.25) is 5.91 Å². The fourth-order valence-corrected chi connectivity index (χ4v) is 3.73. The molecule has 31 heavy (non-hydrogen) atoms. The maximum atomic E-state index is 12.8. The number of nitrogens with zero attached hydrogens (tertiary/aromatic N) is 3. The summed E-state index contributed by atoms with van der Waals surface area (Å²) in [4.78, 5) is 31.4. The van der Waals surface area contributed by atoms with Gasteiger partial charge in [0.15, 0.2) is 0 Å². The van der Waals surface area contributed by atoms with E-state index in [9.17, 15) is 9.59 Å². The summed E-state index contributed by atoms with van der Waals surface area (Å²) in [5.41, 5.74) is 2.93. The Morgan fingerprint density at radius 1 is 1.13 bits per heavy atom. The summed E-state index contributed by atoms with van der Waals surface area (Å²) < 4.78 is 7.42. The second-order valence-corrected chi connectivity index (χ2v) is 8.92. The van der Waals surface area contributed by atoms with Crippen molar-refractivity contribution in [1.29, 1.82) is 0 Å². The molecule has 1 aliphatic rings. The Morgan fingerprint density at radius 3 is 2.61 bits per heavy atom. The maximum Gasteiger partial charge on any atom is 0.410 e. The Balaban J connectivity index is 1.38. The van der Waals surface area contributed by atoms with Crippen molar-refractivity contribution in [3.05, 3.63) is 54.9 Å². The number of hydrogen-bond acceptors (Lipinski definition) is 4. The van der Waals surface area contributed by atoms with E-state index in [1.165, 1.54) is 0 Å². The lowest BCUT2D eigenvalue weighted by atomic mass is 9.97. The lowest BCUT2D eigenvalue weighted by molar-refractivity contribution is -0.121. The molecule has 0 bridgehead atoms. The van der Waals surface area contributed by atoms with Crippen LogP contribution in [0.4, 0.5) is 10.5 Å². The van der Waals surface area contributed by atoms with Crippen molar-refractivity contribution in [2.45, 2.75) is 39.2 Å². The molecule has 1 unspecified atom stereocenters. The van der Waals surface area contributed by atoms with Crippen LogP contribution in [0.3, 0.4) is 0 Å². The molecule has 0 radical (unpaired) electrons. The standard InChI is InChI=1S/C24H28N4O3/c1-24(2,3)31-23(30)28-14-6-7-18(15-28)22(29)25-19-11-9-17(10-12-19)20-16-27-13-5-4-8-21(27)26-20/h4-5,8-13,16,18H,6-7,14-15H2,1-3H3,(H,25,29). The first-order valence-corrected chi connectivity index (χ1v) is 10.6. The third-order valence-electron chi connectivity index (χ3n) is 5.26. The van der Waals surface area contributed by atoms with Crippen molar-refractivity contribution < 1.29 is 14.3 Å². The number of piperidine rings is 1. The summed E-state index contributed by atoms with van der Waals surface area (Å²) >= 11 is 0. The van der Waals surface area contributed by atoms with Gasteiger partial charge in [-0.1, -0.05) is 18.2 Å². The topological polar surface area (TPSA) is 75.9 Å². The number of ether oxygens (including phenoxy) is 1. The average Bonchev–Trinajstić information content (AvgIpc) is 3.17. The van der Waals surface area contributed by atoms with E-state index in [0.29, 0.717) is 13.1 Å². The molecular weight excluding hydrogens is 392 g/mol. The van der Waals surface area contributed by atoms with E-state index in [1.807, 2.05) is 80.0 Å². The predicted molar refractivity (Wildman–Crippen MR) is 120 cm³/mol. The Kier molecular flexibility index (Phi) is 5.67. The molecular formula is C24H28N4O3. The van der Waals surface area contributed by atoms with Crippen LogP contribution >= 0.6 is 0 Å². The summed E-state index contributed by atoms with van der Waals surface area (Å²) in [7, 11) is 0. The van der Waals surface area contributed by atoms with E-state index in [1.54, 1.807) is 4.90 Å². The minimum Gasteiger partial charge on any atom is -0.444 e. The molecule has 0 spiro atoms. The Labute approximate surface area is 182 Å². The maximum absolute atomic E-state index is 12.8. The second kappa shape index (κ2) is 8.41. The van der Waals surface area contributed by atoms with Crippen LogP contribution in [0.15, 0.2) is 54.9 Å². The summed E-state index contributed by atoms with van der Waals surface area (Å²) in [6.45, 7) is 6.52. The molecule has 162 valence electrons. The average molecular weight is 421 g/mol. The Bertz CT molecular complexity index is 1050. The Morgan fingerprint density at radius 2 is 1.90 bits per heavy atom. The van der Waals surface area contributed by atoms with Crippen molar-refractivity contribution >= 4 is 23.3 Å². The van der Waals surface area contributed by atoms with Gasteiger partial charge in [0.25, 0.3) is 0 Å². The molecule has 1 aliphatic heterocycles. The zero-order chi connectivity index (χ0) is 22.0. The molecule has 3 aromatic rings. The number of imidazole rings is 1. The molecule has 4 rings (SSSR count). The quantitative estimate of drug-likeness (QED) is 0.673. The van der Waals surface area contributed by atoms with Gasteiger partial charge in [0.1, 0.15) is 11.2 Å². The highest BCUT2D eigenvalue weighted by atomic mass is 16.6. The molecule has 1 fully saturated rings. The molecule has 1 saturated heterocycles. The number of anilines is 1. The summed E-state index contributed by atoms with van der Waals surface area (Å²) in [6.07, 6.45) is 5.12. The van der Waals surface area contributed by atoms with Crippen molar-refractivity contribution in [1.82, 2.24) is 14.3 Å². The number of hydrogen-bond donors (Lipinski definition) is 1. The number of aromatic nitrogens is 2. The van der Waals surface area contributed by atoms with Crippen LogP contribution in [0.1, 0.15) is 33.6 Å². The lowest BCUT2D eigenvalue weighted by Crippen LogP contribution is -2.45. The van der Waals surface area contributed by atoms with Gasteiger partial charge in [-0.15, -0.1) is 0 Å². The molecule has 3 heterocycles. The van der Waals surface area contributed by atoms with Crippen LogP contribution in [0.25, 0.3) is 16.9 Å². The fraction of sp³-hybridized carbons (Fsp3) is 0.375. The van der Waals surface area contributed by atoms with E-state index < -0.39 is 5.60 Å². The molecule has 1 atom stereocenters. The van der Waals surface area contributed by atoms with Gasteiger partial charge in [-0.2, -0.15) is 0 Å². The number of carbonyl (C=O) groups is 2. The zero-order valence-corrected chi connectivity index (χ0v) is 18.2. The van der Waals surface area contributed by atoms with Gasteiger partial charge in [0, 0.05) is 36.7 Å². The Hall–Kier alpha value is -3.35. The normalized spacial score (nSPS) is 16.9. The van der Waals surface area contributed by atoms with Crippen molar-refractivity contribution in [2.75, 3.05) is 18.4 Å². The highest BCUT2D eigenvalue weighted by molar-refractivity contribution is 5.93. The van der Waals surface area contributed by atoms with Gasteiger partial charge in [-0.3, -0.25) is 4.79 Å². The summed E-state index contributed by atoms with van der Waals surface area (Å²) in [5, 5.41) is 2.98. The number of carbonyl (C=O) groups excluding carboxylic acids is 2. The number of rotatable bonds is 3. The summed E-state index contributed by atoms with van der Waals surface area (Å²) in [5.74, 6) is -0.326. The molecule has 1 aromatic carbocycles. The van der Waals surface area contributed by atoms with Gasteiger partial charge in [-0.05, 0) is 57.9 Å². The van der Waals surface area contributed by atoms with Crippen LogP contribution in [0.2, 0.25) is 0 Å². The minimum absolute atomic E-state index is 0.0752. The number of fused-ring (bicyclic) bond motifs is 1. The number of benzene rings is 1. The lowest BCUT2D eigenvalue weighted by Gasteiger charge is -2.33. The molecule has 2 amide bonds. The number of likely N-dealkylation sites (tertiary alicyclic amines) is 1. The first-order chi connectivity index (χ1) is 14.8. The van der Waals surface area contributed by atoms with Crippen LogP contribution < -0.4 is 5.32 Å². The highest BCUT2D eigenvalue weighted by Gasteiger charge is 2.31. The SMILES string of the molecule is CC(C)(C)OC(=O)N1CCCC(C(=O)Nc2ccc(-c3cn4ccccc4n3)cc2)C1. The van der Waals surface area contributed by atoms with Gasteiger partial charge in [0.05, 0.1) is 11.6 Å². The molecule has 7 nitrogen and oxygen atoms in total. The van der Waals surface area contributed by atoms with E-state index in [-0.39, 0.29) is 17.9 Å². The van der Waals surface area contributed by atoms with Crippen LogP contribution in [0, 0.1) is 5.92 Å². The smallest absolute Gasteiger partial charge is 0.410 e. The van der Waals surface area contributed by atoms with Crippen molar-refractivity contribution in [3.63, 3.8) is 0 Å². The number of pyridine rings is 1. The fourth-order valence-electron chi connectivity index (χ4n) is 3.73. The van der Waals surface area contributed by atoms with Gasteiger partial charge in [-0.25, -0.2) is 9.78 Å². The van der Waals surface area contributed by atoms with Crippen LogP contribution in [-0.2, 0) is 9.53 Å². The van der Waals surface area contributed by atoms with Crippen LogP contribution in [0.5, 0.6) is 0 Å². The predicted octanol–water partition coefficient (Wildman–Crippen LogP) is 4.59. The number of amides is 2. The van der Waals surface area contributed by atoms with Gasteiger partial charge < -0.3 is 19.4 Å². The van der Waals surface area contributed by atoms with E-state index in [2.05, 4.69) is 10.3 Å². The molecule has 2 aromatic heterocycles. The van der Waals surface area contributed by atoms with Crippen LogP contribution in [-0.4, -0.2) is 45.0 Å². The molecule has 1 N–H and O–H groups in total. The molecule has 0 saturated carbocycles. The van der Waals surface area contributed by atoms with E-state index in [4.69, 9.17) is 4.74 Å². The van der Waals surface area contributed by atoms with E-state index in [0.717, 1.165) is 35.4 Å². The highest BCUT2D eigenvalue weighted by Crippen LogP contribution is 2.24. The minimum atomic E-state index is -0.547. The largest absolute Gasteiger partial charge is 0.444 e. The molecule has 0 aliphatic carbocycles. The van der Waals surface area contributed by atoms with Crippen molar-refractivity contribution in [2.24, 2.45) is 5.92 Å².